The van der Waals surface area contributed by atoms with Crippen molar-refractivity contribution in [3.8, 4) is 5.75 Å². The van der Waals surface area contributed by atoms with Crippen LogP contribution < -0.4 is 4.74 Å². The van der Waals surface area contributed by atoms with E-state index in [1.807, 2.05) is 36.2 Å². The van der Waals surface area contributed by atoms with Crippen molar-refractivity contribution in [1.29, 1.82) is 0 Å². The molecule has 5 atom stereocenters. The summed E-state index contributed by atoms with van der Waals surface area (Å²) >= 11 is 12.2. The van der Waals surface area contributed by atoms with E-state index in [1.54, 1.807) is 12.1 Å². The maximum absolute atomic E-state index is 13.4. The summed E-state index contributed by atoms with van der Waals surface area (Å²) in [7, 11) is 1.87. The Bertz CT molecular complexity index is 1220. The first-order valence-electron chi connectivity index (χ1n) is 12.4. The van der Waals surface area contributed by atoms with Gasteiger partial charge in [0.05, 0.1) is 33.5 Å². The SMILES string of the molecule is C=CCN1CC[C@]23c4c5cccc4O[C@H]2[C@@H](N(C)C(=O)Cc2ccc(Cl)c(Cl)c2)CC[C@@]3(O)[C@H]1C5. The van der Waals surface area contributed by atoms with Gasteiger partial charge in [-0.05, 0) is 61.6 Å². The van der Waals surface area contributed by atoms with Gasteiger partial charge in [-0.15, -0.1) is 6.58 Å². The highest BCUT2D eigenvalue weighted by Gasteiger charge is 2.72. The van der Waals surface area contributed by atoms with Crippen LogP contribution in [0.3, 0.4) is 0 Å². The Morgan fingerprint density at radius 3 is 2.89 bits per heavy atom. The lowest BCUT2D eigenvalue weighted by Crippen LogP contribution is -2.78. The fourth-order valence-electron chi connectivity index (χ4n) is 7.49. The van der Waals surface area contributed by atoms with E-state index in [9.17, 15) is 9.90 Å². The van der Waals surface area contributed by atoms with Gasteiger partial charge in [0.15, 0.2) is 0 Å². The number of hydrogen-bond donors (Lipinski definition) is 1. The van der Waals surface area contributed by atoms with Crippen molar-refractivity contribution in [2.75, 3.05) is 20.1 Å². The van der Waals surface area contributed by atoms with E-state index in [0.29, 0.717) is 22.9 Å². The van der Waals surface area contributed by atoms with Crippen LogP contribution in [-0.2, 0) is 23.1 Å². The lowest BCUT2D eigenvalue weighted by molar-refractivity contribution is -0.198. The monoisotopic (exact) mass is 512 g/mol. The maximum Gasteiger partial charge on any atom is 0.227 e. The molecule has 1 saturated carbocycles. The molecule has 0 unspecified atom stereocenters. The molecule has 6 rings (SSSR count). The van der Waals surface area contributed by atoms with Crippen molar-refractivity contribution in [1.82, 2.24) is 9.80 Å². The predicted octanol–water partition coefficient (Wildman–Crippen LogP) is 4.40. The quantitative estimate of drug-likeness (QED) is 0.603. The van der Waals surface area contributed by atoms with Gasteiger partial charge in [0, 0.05) is 25.2 Å². The van der Waals surface area contributed by atoms with Gasteiger partial charge in [-0.3, -0.25) is 9.69 Å². The molecule has 2 bridgehead atoms. The molecule has 184 valence electrons. The molecule has 2 fully saturated rings. The van der Waals surface area contributed by atoms with Gasteiger partial charge >= 0.3 is 0 Å². The van der Waals surface area contributed by atoms with Crippen LogP contribution in [0, 0.1) is 0 Å². The van der Waals surface area contributed by atoms with Crippen LogP contribution in [0.2, 0.25) is 10.0 Å². The minimum atomic E-state index is -0.900. The number of piperidine rings is 1. The number of halogens is 2. The summed E-state index contributed by atoms with van der Waals surface area (Å²) in [5.41, 5.74) is 1.86. The van der Waals surface area contributed by atoms with Crippen molar-refractivity contribution in [3.05, 3.63) is 75.8 Å². The normalized spacial score (nSPS) is 32.5. The molecular weight excluding hydrogens is 483 g/mol. The molecule has 1 saturated heterocycles. The Morgan fingerprint density at radius 2 is 2.11 bits per heavy atom. The van der Waals surface area contributed by atoms with Crippen LogP contribution in [-0.4, -0.2) is 64.7 Å². The molecule has 4 aliphatic rings. The van der Waals surface area contributed by atoms with Crippen molar-refractivity contribution in [2.24, 2.45) is 0 Å². The van der Waals surface area contributed by atoms with Crippen molar-refractivity contribution in [3.63, 3.8) is 0 Å². The molecule has 2 aromatic carbocycles. The summed E-state index contributed by atoms with van der Waals surface area (Å²) in [6, 6.07) is 11.5. The minimum Gasteiger partial charge on any atom is -0.487 e. The number of hydrogen-bond acceptors (Lipinski definition) is 4. The molecule has 0 radical (unpaired) electrons. The number of amides is 1. The fourth-order valence-corrected chi connectivity index (χ4v) is 7.81. The average molecular weight is 513 g/mol. The summed E-state index contributed by atoms with van der Waals surface area (Å²) < 4.78 is 6.68. The summed E-state index contributed by atoms with van der Waals surface area (Å²) in [5, 5.41) is 13.4. The molecule has 2 aromatic rings. The van der Waals surface area contributed by atoms with E-state index in [1.165, 1.54) is 11.1 Å². The van der Waals surface area contributed by atoms with Crippen LogP contribution >= 0.6 is 23.2 Å². The van der Waals surface area contributed by atoms with E-state index in [0.717, 1.165) is 37.2 Å². The first-order chi connectivity index (χ1) is 16.8. The summed E-state index contributed by atoms with van der Waals surface area (Å²) in [4.78, 5) is 17.7. The molecule has 0 aromatic heterocycles. The second-order valence-electron chi connectivity index (χ2n) is 10.5. The third-order valence-electron chi connectivity index (χ3n) is 9.03. The Morgan fingerprint density at radius 1 is 1.29 bits per heavy atom. The number of ether oxygens (including phenoxy) is 1. The average Bonchev–Trinajstić information content (AvgIpc) is 3.17. The smallest absolute Gasteiger partial charge is 0.227 e. The number of aliphatic hydroxyl groups is 1. The summed E-state index contributed by atoms with van der Waals surface area (Å²) in [6.07, 6.45) is 4.81. The largest absolute Gasteiger partial charge is 0.487 e. The third kappa shape index (κ3) is 3.18. The fraction of sp³-hybridized carbons (Fsp3) is 0.464. The number of likely N-dealkylation sites (N-methyl/N-ethyl adjacent to an activating group) is 1. The van der Waals surface area contributed by atoms with E-state index >= 15 is 0 Å². The molecule has 7 heteroatoms. The molecule has 1 spiro atoms. The van der Waals surface area contributed by atoms with Crippen LogP contribution in [0.15, 0.2) is 49.1 Å². The van der Waals surface area contributed by atoms with Crippen molar-refractivity contribution >= 4 is 29.1 Å². The highest BCUT2D eigenvalue weighted by molar-refractivity contribution is 6.42. The first-order valence-corrected chi connectivity index (χ1v) is 13.1. The zero-order valence-electron chi connectivity index (χ0n) is 19.8. The Labute approximate surface area is 216 Å². The number of benzene rings is 2. The zero-order valence-corrected chi connectivity index (χ0v) is 21.4. The van der Waals surface area contributed by atoms with Gasteiger partial charge in [0.2, 0.25) is 5.91 Å². The van der Waals surface area contributed by atoms with Gasteiger partial charge in [0.1, 0.15) is 11.9 Å². The summed E-state index contributed by atoms with van der Waals surface area (Å²) in [5.74, 6) is 0.880. The van der Waals surface area contributed by atoms with Gasteiger partial charge in [-0.2, -0.15) is 0 Å². The Balaban J connectivity index is 1.36. The van der Waals surface area contributed by atoms with Crippen LogP contribution in [0.1, 0.15) is 36.0 Å². The lowest BCUT2D eigenvalue weighted by atomic mass is 9.48. The van der Waals surface area contributed by atoms with Crippen LogP contribution in [0.5, 0.6) is 5.75 Å². The lowest BCUT2D eigenvalue weighted by Gasteiger charge is -2.64. The first kappa shape index (κ1) is 23.4. The number of likely N-dealkylation sites (tertiary alicyclic amines) is 1. The predicted molar refractivity (Wildman–Crippen MR) is 137 cm³/mol. The second kappa shape index (κ2) is 8.24. The number of rotatable bonds is 5. The molecule has 35 heavy (non-hydrogen) atoms. The molecule has 2 aliphatic carbocycles. The summed E-state index contributed by atoms with van der Waals surface area (Å²) in [6.45, 7) is 5.58. The molecule has 2 heterocycles. The van der Waals surface area contributed by atoms with E-state index in [4.69, 9.17) is 27.9 Å². The van der Waals surface area contributed by atoms with Gasteiger partial charge in [-0.25, -0.2) is 0 Å². The van der Waals surface area contributed by atoms with Crippen LogP contribution in [0.4, 0.5) is 0 Å². The maximum atomic E-state index is 13.4. The van der Waals surface area contributed by atoms with Gasteiger partial charge < -0.3 is 14.7 Å². The molecule has 1 N–H and O–H groups in total. The molecule has 5 nitrogen and oxygen atoms in total. The highest BCUT2D eigenvalue weighted by atomic mass is 35.5. The van der Waals surface area contributed by atoms with Crippen LogP contribution in [0.25, 0.3) is 0 Å². The Hall–Kier alpha value is -2.05. The number of nitrogens with zero attached hydrogens (tertiary/aromatic N) is 2. The van der Waals surface area contributed by atoms with Gasteiger partial charge in [-0.1, -0.05) is 47.5 Å². The van der Waals surface area contributed by atoms with Crippen molar-refractivity contribution < 1.29 is 14.6 Å². The number of carbonyl (C=O) groups excluding carboxylic acids is 1. The standard InChI is InChI=1S/C28H30Cl2N2O3/c1-3-12-32-13-11-27-25-18-5-4-6-22(25)35-26(27)21(9-10-28(27,34)23(32)16-18)31(2)24(33)15-17-7-8-19(29)20(30)14-17/h3-8,14,21,23,26,34H,1,9-13,15-16H2,2H3/t21-,23+,26-,27-,28+/m0/s1. The molecule has 2 aliphatic heterocycles. The van der Waals surface area contributed by atoms with E-state index in [-0.39, 0.29) is 30.5 Å². The number of carbonyl (C=O) groups is 1. The topological polar surface area (TPSA) is 53.0 Å². The second-order valence-corrected chi connectivity index (χ2v) is 11.3. The minimum absolute atomic E-state index is 0.00598. The third-order valence-corrected chi connectivity index (χ3v) is 9.77. The van der Waals surface area contributed by atoms with E-state index in [2.05, 4.69) is 17.5 Å². The Kier molecular flexibility index (Phi) is 5.50. The van der Waals surface area contributed by atoms with E-state index < -0.39 is 11.0 Å². The van der Waals surface area contributed by atoms with Gasteiger partial charge in [0.25, 0.3) is 0 Å². The van der Waals surface area contributed by atoms with Crippen molar-refractivity contribution in [2.45, 2.75) is 61.3 Å². The highest BCUT2D eigenvalue weighted by Crippen LogP contribution is 2.64. The zero-order chi connectivity index (χ0) is 24.5. The molecule has 1 amide bonds. The molecular formula is C28H30Cl2N2O3.